The minimum absolute atomic E-state index is 0.188. The van der Waals surface area contributed by atoms with E-state index >= 15 is 0 Å². The van der Waals surface area contributed by atoms with Crippen molar-refractivity contribution in [1.82, 2.24) is 0 Å². The zero-order valence-corrected chi connectivity index (χ0v) is 10.8. The molecule has 2 nitrogen and oxygen atoms in total. The number of hydrogen-bond donors (Lipinski definition) is 0. The molecule has 0 amide bonds. The SMILES string of the molecule is CCC(C)(C(=O)OC)c1ccc(Br)cc1. The highest BCUT2D eigenvalue weighted by Crippen LogP contribution is 2.29. The lowest BCUT2D eigenvalue weighted by molar-refractivity contribution is -0.147. The number of hydrogen-bond acceptors (Lipinski definition) is 2. The average molecular weight is 271 g/mol. The van der Waals surface area contributed by atoms with Crippen LogP contribution in [-0.4, -0.2) is 13.1 Å². The van der Waals surface area contributed by atoms with Crippen molar-refractivity contribution in [1.29, 1.82) is 0 Å². The van der Waals surface area contributed by atoms with Crippen LogP contribution in [0, 0.1) is 0 Å². The van der Waals surface area contributed by atoms with Gasteiger partial charge in [0.25, 0.3) is 0 Å². The van der Waals surface area contributed by atoms with Crippen molar-refractivity contribution in [2.24, 2.45) is 0 Å². The summed E-state index contributed by atoms with van der Waals surface area (Å²) in [4.78, 5) is 11.7. The standard InChI is InChI=1S/C12H15BrO2/c1-4-12(2,11(14)15-3)9-5-7-10(13)8-6-9/h5-8H,4H2,1-3H3. The van der Waals surface area contributed by atoms with Gasteiger partial charge < -0.3 is 4.74 Å². The lowest BCUT2D eigenvalue weighted by Gasteiger charge is -2.25. The van der Waals surface area contributed by atoms with E-state index in [1.54, 1.807) is 0 Å². The van der Waals surface area contributed by atoms with Crippen molar-refractivity contribution in [3.63, 3.8) is 0 Å². The molecular weight excluding hydrogens is 256 g/mol. The highest BCUT2D eigenvalue weighted by atomic mass is 79.9. The summed E-state index contributed by atoms with van der Waals surface area (Å²) in [7, 11) is 1.43. The first-order valence-electron chi connectivity index (χ1n) is 4.89. The van der Waals surface area contributed by atoms with Gasteiger partial charge in [0.1, 0.15) is 0 Å². The Morgan fingerprint density at radius 1 is 1.40 bits per heavy atom. The van der Waals surface area contributed by atoms with E-state index in [0.717, 1.165) is 16.5 Å². The van der Waals surface area contributed by atoms with E-state index in [4.69, 9.17) is 4.74 Å². The van der Waals surface area contributed by atoms with Crippen LogP contribution in [0.25, 0.3) is 0 Å². The molecule has 0 saturated heterocycles. The Balaban J connectivity index is 3.11. The fourth-order valence-electron chi connectivity index (χ4n) is 1.51. The van der Waals surface area contributed by atoms with Crippen LogP contribution >= 0.6 is 15.9 Å². The molecule has 0 saturated carbocycles. The lowest BCUT2D eigenvalue weighted by Crippen LogP contribution is -2.32. The van der Waals surface area contributed by atoms with E-state index < -0.39 is 5.41 Å². The van der Waals surface area contributed by atoms with Gasteiger partial charge in [0.2, 0.25) is 0 Å². The van der Waals surface area contributed by atoms with Crippen molar-refractivity contribution in [2.75, 3.05) is 7.11 Å². The number of esters is 1. The molecule has 1 unspecified atom stereocenters. The summed E-state index contributed by atoms with van der Waals surface area (Å²) >= 11 is 3.37. The van der Waals surface area contributed by atoms with Crippen LogP contribution in [0.3, 0.4) is 0 Å². The van der Waals surface area contributed by atoms with Crippen LogP contribution in [0.15, 0.2) is 28.7 Å². The molecule has 1 atom stereocenters. The van der Waals surface area contributed by atoms with Gasteiger partial charge in [-0.1, -0.05) is 35.0 Å². The Morgan fingerprint density at radius 2 is 1.93 bits per heavy atom. The summed E-state index contributed by atoms with van der Waals surface area (Å²) in [6.45, 7) is 3.89. The number of rotatable bonds is 3. The van der Waals surface area contributed by atoms with Gasteiger partial charge in [-0.05, 0) is 31.0 Å². The average Bonchev–Trinajstić information content (AvgIpc) is 2.27. The van der Waals surface area contributed by atoms with Gasteiger partial charge in [0.05, 0.1) is 12.5 Å². The van der Waals surface area contributed by atoms with Crippen LogP contribution in [0.5, 0.6) is 0 Å². The summed E-state index contributed by atoms with van der Waals surface area (Å²) < 4.78 is 5.85. The summed E-state index contributed by atoms with van der Waals surface area (Å²) in [6.07, 6.45) is 0.724. The van der Waals surface area contributed by atoms with E-state index in [-0.39, 0.29) is 5.97 Å². The van der Waals surface area contributed by atoms with E-state index in [9.17, 15) is 4.79 Å². The third kappa shape index (κ3) is 2.40. The Hall–Kier alpha value is -0.830. The van der Waals surface area contributed by atoms with Gasteiger partial charge >= 0.3 is 5.97 Å². The van der Waals surface area contributed by atoms with E-state index in [0.29, 0.717) is 0 Å². The van der Waals surface area contributed by atoms with Gasteiger partial charge in [0.15, 0.2) is 0 Å². The fraction of sp³-hybridized carbons (Fsp3) is 0.417. The number of carbonyl (C=O) groups excluding carboxylic acids is 1. The predicted octanol–water partition coefficient (Wildman–Crippen LogP) is 3.29. The number of benzene rings is 1. The van der Waals surface area contributed by atoms with Gasteiger partial charge in [0, 0.05) is 4.47 Å². The van der Waals surface area contributed by atoms with Gasteiger partial charge in [-0.2, -0.15) is 0 Å². The number of halogens is 1. The third-order valence-electron chi connectivity index (χ3n) is 2.82. The van der Waals surface area contributed by atoms with Crippen molar-refractivity contribution in [2.45, 2.75) is 25.7 Å². The first-order valence-corrected chi connectivity index (χ1v) is 5.68. The molecule has 1 aromatic carbocycles. The molecule has 0 heterocycles. The number of carbonyl (C=O) groups is 1. The molecule has 1 aromatic rings. The smallest absolute Gasteiger partial charge is 0.315 e. The Morgan fingerprint density at radius 3 is 2.33 bits per heavy atom. The first-order chi connectivity index (χ1) is 7.04. The van der Waals surface area contributed by atoms with Crippen LogP contribution in [-0.2, 0) is 14.9 Å². The van der Waals surface area contributed by atoms with E-state index in [1.165, 1.54) is 7.11 Å². The second kappa shape index (κ2) is 4.79. The van der Waals surface area contributed by atoms with Gasteiger partial charge in [-0.3, -0.25) is 4.79 Å². The molecule has 3 heteroatoms. The Labute approximate surface area is 98.8 Å². The Kier molecular flexibility index (Phi) is 3.91. The predicted molar refractivity (Wildman–Crippen MR) is 63.8 cm³/mol. The maximum atomic E-state index is 11.7. The van der Waals surface area contributed by atoms with Crippen molar-refractivity contribution >= 4 is 21.9 Å². The molecule has 15 heavy (non-hydrogen) atoms. The molecule has 0 N–H and O–H groups in total. The maximum Gasteiger partial charge on any atom is 0.315 e. The van der Waals surface area contributed by atoms with Crippen molar-refractivity contribution < 1.29 is 9.53 Å². The summed E-state index contributed by atoms with van der Waals surface area (Å²) in [5, 5.41) is 0. The molecule has 0 bridgehead atoms. The third-order valence-corrected chi connectivity index (χ3v) is 3.35. The minimum atomic E-state index is -0.546. The topological polar surface area (TPSA) is 26.3 Å². The summed E-state index contributed by atoms with van der Waals surface area (Å²) in [5.74, 6) is -0.188. The maximum absolute atomic E-state index is 11.7. The number of ether oxygens (including phenoxy) is 1. The molecule has 0 spiro atoms. The molecule has 0 aliphatic carbocycles. The van der Waals surface area contributed by atoms with E-state index in [2.05, 4.69) is 15.9 Å². The lowest BCUT2D eigenvalue weighted by atomic mass is 9.80. The van der Waals surface area contributed by atoms with Crippen molar-refractivity contribution in [3.8, 4) is 0 Å². The van der Waals surface area contributed by atoms with Crippen LogP contribution < -0.4 is 0 Å². The van der Waals surface area contributed by atoms with Crippen LogP contribution in [0.2, 0.25) is 0 Å². The molecule has 0 radical (unpaired) electrons. The van der Waals surface area contributed by atoms with Gasteiger partial charge in [-0.15, -0.1) is 0 Å². The quantitative estimate of drug-likeness (QED) is 0.788. The molecule has 82 valence electrons. The first kappa shape index (κ1) is 12.2. The van der Waals surface area contributed by atoms with Crippen LogP contribution in [0.1, 0.15) is 25.8 Å². The number of methoxy groups -OCH3 is 1. The zero-order valence-electron chi connectivity index (χ0n) is 9.21. The highest BCUT2D eigenvalue weighted by molar-refractivity contribution is 9.10. The second-order valence-corrected chi connectivity index (χ2v) is 4.60. The summed E-state index contributed by atoms with van der Waals surface area (Å²) in [6, 6.07) is 7.77. The molecule has 0 fully saturated rings. The van der Waals surface area contributed by atoms with Crippen molar-refractivity contribution in [3.05, 3.63) is 34.3 Å². The largest absolute Gasteiger partial charge is 0.468 e. The fourth-order valence-corrected chi connectivity index (χ4v) is 1.77. The Bertz CT molecular complexity index is 345. The zero-order chi connectivity index (χ0) is 11.5. The molecular formula is C12H15BrO2. The molecule has 0 aromatic heterocycles. The highest BCUT2D eigenvalue weighted by Gasteiger charge is 2.34. The van der Waals surface area contributed by atoms with Crippen LogP contribution in [0.4, 0.5) is 0 Å². The molecule has 0 aliphatic heterocycles. The van der Waals surface area contributed by atoms with E-state index in [1.807, 2.05) is 38.1 Å². The normalized spacial score (nSPS) is 14.4. The monoisotopic (exact) mass is 270 g/mol. The summed E-state index contributed by atoms with van der Waals surface area (Å²) in [5.41, 5.74) is 0.440. The second-order valence-electron chi connectivity index (χ2n) is 3.68. The molecule has 1 rings (SSSR count). The van der Waals surface area contributed by atoms with Gasteiger partial charge in [-0.25, -0.2) is 0 Å². The molecule has 0 aliphatic rings. The minimum Gasteiger partial charge on any atom is -0.468 e.